The molecule has 1 amide bonds. The number of hydrogen-bond donors (Lipinski definition) is 1. The van der Waals surface area contributed by atoms with Crippen molar-refractivity contribution in [3.8, 4) is 17.2 Å². The third kappa shape index (κ3) is 5.02. The van der Waals surface area contributed by atoms with Gasteiger partial charge in [0.1, 0.15) is 5.75 Å². The normalized spacial score (nSPS) is 10.7. The van der Waals surface area contributed by atoms with Crippen LogP contribution in [0.1, 0.15) is 16.7 Å². The van der Waals surface area contributed by atoms with Crippen LogP contribution in [0, 0.1) is 6.92 Å². The van der Waals surface area contributed by atoms with E-state index in [2.05, 4.69) is 21.2 Å². The van der Waals surface area contributed by atoms with Crippen molar-refractivity contribution in [3.05, 3.63) is 57.6 Å². The van der Waals surface area contributed by atoms with Crippen molar-refractivity contribution < 1.29 is 19.0 Å². The molecule has 0 spiro atoms. The quantitative estimate of drug-likeness (QED) is 0.685. The highest BCUT2D eigenvalue weighted by molar-refractivity contribution is 9.10. The van der Waals surface area contributed by atoms with Gasteiger partial charge < -0.3 is 19.5 Å². The van der Waals surface area contributed by atoms with Gasteiger partial charge in [0.2, 0.25) is 5.91 Å². The van der Waals surface area contributed by atoms with E-state index in [0.717, 1.165) is 21.2 Å². The molecule has 1 N–H and O–H groups in total. The Labute approximate surface area is 162 Å². The number of rotatable bonds is 7. The number of benzene rings is 2. The Kier molecular flexibility index (Phi) is 7.09. The third-order valence-corrected chi connectivity index (χ3v) is 4.50. The van der Waals surface area contributed by atoms with Gasteiger partial charge in [-0.25, -0.2) is 0 Å². The average Bonchev–Trinajstić information content (AvgIpc) is 2.64. The molecule has 0 unspecified atom stereocenters. The molecule has 0 saturated carbocycles. The summed E-state index contributed by atoms with van der Waals surface area (Å²) in [5.41, 5.74) is 2.89. The van der Waals surface area contributed by atoms with Crippen molar-refractivity contribution in [2.45, 2.75) is 13.5 Å². The van der Waals surface area contributed by atoms with Crippen LogP contribution >= 0.6 is 15.9 Å². The number of carbonyl (C=O) groups excluding carboxylic acids is 1. The summed E-state index contributed by atoms with van der Waals surface area (Å²) in [6.07, 6.45) is 3.27. The van der Waals surface area contributed by atoms with E-state index < -0.39 is 0 Å². The van der Waals surface area contributed by atoms with E-state index in [9.17, 15) is 4.79 Å². The predicted octanol–water partition coefficient (Wildman–Crippen LogP) is 4.11. The van der Waals surface area contributed by atoms with Gasteiger partial charge in [-0.05, 0) is 36.3 Å². The molecular weight excluding hydrogens is 398 g/mol. The molecule has 0 radical (unpaired) electrons. The Balaban J connectivity index is 2.08. The van der Waals surface area contributed by atoms with Crippen LogP contribution in [0.2, 0.25) is 0 Å². The van der Waals surface area contributed by atoms with Gasteiger partial charge >= 0.3 is 0 Å². The summed E-state index contributed by atoms with van der Waals surface area (Å²) in [6.45, 7) is 2.32. The molecule has 0 heterocycles. The lowest BCUT2D eigenvalue weighted by Crippen LogP contribution is -2.20. The first-order chi connectivity index (χ1) is 12.5. The Hall–Kier alpha value is -2.47. The summed E-state index contributed by atoms with van der Waals surface area (Å²) in [7, 11) is 4.70. The fourth-order valence-electron chi connectivity index (χ4n) is 2.40. The number of amides is 1. The molecule has 2 aromatic rings. The number of nitrogens with one attached hydrogen (secondary N) is 1. The van der Waals surface area contributed by atoms with Crippen LogP contribution in [-0.4, -0.2) is 27.2 Å². The Morgan fingerprint density at radius 1 is 1.04 bits per heavy atom. The van der Waals surface area contributed by atoms with Crippen molar-refractivity contribution in [2.24, 2.45) is 0 Å². The summed E-state index contributed by atoms with van der Waals surface area (Å²) in [5.74, 6) is 1.57. The second-order valence-corrected chi connectivity index (χ2v) is 6.45. The van der Waals surface area contributed by atoms with Crippen molar-refractivity contribution in [3.63, 3.8) is 0 Å². The predicted molar refractivity (Wildman–Crippen MR) is 106 cm³/mol. The minimum atomic E-state index is -0.200. The molecule has 0 fully saturated rings. The number of aryl methyl sites for hydroxylation is 1. The Morgan fingerprint density at radius 3 is 2.31 bits per heavy atom. The van der Waals surface area contributed by atoms with Gasteiger partial charge in [0, 0.05) is 28.7 Å². The van der Waals surface area contributed by atoms with Crippen molar-refractivity contribution >= 4 is 27.9 Å². The van der Waals surface area contributed by atoms with Gasteiger partial charge in [-0.1, -0.05) is 28.1 Å². The maximum atomic E-state index is 12.1. The van der Waals surface area contributed by atoms with E-state index >= 15 is 0 Å². The molecule has 138 valence electrons. The number of carbonyl (C=O) groups is 1. The van der Waals surface area contributed by atoms with Crippen molar-refractivity contribution in [1.29, 1.82) is 0 Å². The van der Waals surface area contributed by atoms with E-state index in [4.69, 9.17) is 14.2 Å². The van der Waals surface area contributed by atoms with Crippen LogP contribution in [0.25, 0.3) is 6.08 Å². The van der Waals surface area contributed by atoms with Crippen molar-refractivity contribution in [2.75, 3.05) is 21.3 Å². The summed E-state index contributed by atoms with van der Waals surface area (Å²) in [6, 6.07) is 9.49. The molecule has 0 aliphatic rings. The van der Waals surface area contributed by atoms with Crippen LogP contribution in [-0.2, 0) is 11.3 Å². The first-order valence-corrected chi connectivity index (χ1v) is 8.78. The van der Waals surface area contributed by atoms with E-state index in [1.165, 1.54) is 6.08 Å². The zero-order valence-corrected chi connectivity index (χ0v) is 16.8. The summed E-state index contributed by atoms with van der Waals surface area (Å²) >= 11 is 3.50. The fourth-order valence-corrected chi connectivity index (χ4v) is 3.03. The molecule has 0 bridgehead atoms. The molecule has 0 atom stereocenters. The van der Waals surface area contributed by atoms with Gasteiger partial charge in [0.25, 0.3) is 0 Å². The lowest BCUT2D eigenvalue weighted by atomic mass is 10.1. The second-order valence-electron chi connectivity index (χ2n) is 5.60. The molecule has 2 aromatic carbocycles. The topological polar surface area (TPSA) is 56.8 Å². The molecule has 0 aromatic heterocycles. The fraction of sp³-hybridized carbons (Fsp3) is 0.250. The van der Waals surface area contributed by atoms with Crippen LogP contribution in [0.5, 0.6) is 17.2 Å². The van der Waals surface area contributed by atoms with Crippen LogP contribution in [0.4, 0.5) is 0 Å². The average molecular weight is 420 g/mol. The first-order valence-electron chi connectivity index (χ1n) is 7.99. The van der Waals surface area contributed by atoms with Crippen LogP contribution in [0.15, 0.2) is 40.9 Å². The van der Waals surface area contributed by atoms with Crippen molar-refractivity contribution in [1.82, 2.24) is 5.32 Å². The number of hydrogen-bond acceptors (Lipinski definition) is 4. The minimum absolute atomic E-state index is 0.200. The van der Waals surface area contributed by atoms with Gasteiger partial charge in [-0.3, -0.25) is 4.79 Å². The number of halogens is 1. The summed E-state index contributed by atoms with van der Waals surface area (Å²) in [4.78, 5) is 12.1. The molecule has 0 aliphatic carbocycles. The molecular formula is C20H22BrNO4. The zero-order valence-electron chi connectivity index (χ0n) is 15.3. The largest absolute Gasteiger partial charge is 0.496 e. The lowest BCUT2D eigenvalue weighted by Gasteiger charge is -2.14. The van der Waals surface area contributed by atoms with Gasteiger partial charge in [-0.15, -0.1) is 0 Å². The Morgan fingerprint density at radius 2 is 1.69 bits per heavy atom. The smallest absolute Gasteiger partial charge is 0.244 e. The lowest BCUT2D eigenvalue weighted by molar-refractivity contribution is -0.116. The summed E-state index contributed by atoms with van der Waals surface area (Å²) in [5, 5.41) is 2.85. The molecule has 6 heteroatoms. The molecule has 26 heavy (non-hydrogen) atoms. The summed E-state index contributed by atoms with van der Waals surface area (Å²) < 4.78 is 16.9. The molecule has 0 aliphatic heterocycles. The second kappa shape index (κ2) is 9.29. The number of methoxy groups -OCH3 is 3. The van der Waals surface area contributed by atoms with Crippen LogP contribution in [0.3, 0.4) is 0 Å². The van der Waals surface area contributed by atoms with E-state index in [-0.39, 0.29) is 5.91 Å². The Bertz CT molecular complexity index is 818. The van der Waals surface area contributed by atoms with E-state index in [1.807, 2.05) is 25.1 Å². The SMILES string of the molecule is COc1cc(OC)c(OC)cc1CNC(=O)/C=C/c1ccc(C)cc1Br. The highest BCUT2D eigenvalue weighted by Gasteiger charge is 2.12. The van der Waals surface area contributed by atoms with Crippen LogP contribution < -0.4 is 19.5 Å². The maximum Gasteiger partial charge on any atom is 0.244 e. The number of ether oxygens (including phenoxy) is 3. The first kappa shape index (κ1) is 19.8. The highest BCUT2D eigenvalue weighted by atomic mass is 79.9. The van der Waals surface area contributed by atoms with E-state index in [0.29, 0.717) is 23.8 Å². The zero-order chi connectivity index (χ0) is 19.1. The van der Waals surface area contributed by atoms with Gasteiger partial charge in [-0.2, -0.15) is 0 Å². The molecule has 5 nitrogen and oxygen atoms in total. The molecule has 0 saturated heterocycles. The van der Waals surface area contributed by atoms with Gasteiger partial charge in [0.15, 0.2) is 11.5 Å². The highest BCUT2D eigenvalue weighted by Crippen LogP contribution is 2.34. The van der Waals surface area contributed by atoms with E-state index in [1.54, 1.807) is 39.5 Å². The minimum Gasteiger partial charge on any atom is -0.496 e. The maximum absolute atomic E-state index is 12.1. The standard InChI is InChI=1S/C20H22BrNO4/c1-13-5-6-14(16(21)9-13)7-8-20(23)22-12-15-10-18(25-3)19(26-4)11-17(15)24-2/h5-11H,12H2,1-4H3,(H,22,23)/b8-7+. The molecule has 2 rings (SSSR count). The van der Waals surface area contributed by atoms with Gasteiger partial charge in [0.05, 0.1) is 21.3 Å². The monoisotopic (exact) mass is 419 g/mol. The third-order valence-electron chi connectivity index (χ3n) is 3.81.